The topological polar surface area (TPSA) is 38.4 Å². The number of amidine groups is 1. The van der Waals surface area contributed by atoms with Gasteiger partial charge in [-0.3, -0.25) is 4.99 Å². The maximum absolute atomic E-state index is 5.77. The molecule has 0 unspecified atom stereocenters. The van der Waals surface area contributed by atoms with Crippen LogP contribution < -0.4 is 5.73 Å². The van der Waals surface area contributed by atoms with Crippen LogP contribution in [0.3, 0.4) is 0 Å². The van der Waals surface area contributed by atoms with E-state index in [-0.39, 0.29) is 0 Å². The molecule has 0 aromatic carbocycles. The normalized spacial score (nSPS) is 35.4. The van der Waals surface area contributed by atoms with Crippen LogP contribution in [0.15, 0.2) is 4.99 Å². The number of hydrogen-bond acceptors (Lipinski definition) is 2. The second kappa shape index (κ2) is 4.33. The lowest BCUT2D eigenvalue weighted by Crippen LogP contribution is -2.34. The fraction of sp³-hybridized carbons (Fsp3) is 0.917. The molecule has 1 fully saturated rings. The monoisotopic (exact) mass is 194 g/mol. The summed E-state index contributed by atoms with van der Waals surface area (Å²) in [6.07, 6.45) is 8.22. The highest BCUT2D eigenvalue weighted by Crippen LogP contribution is 2.36. The molecule has 0 aromatic rings. The summed E-state index contributed by atoms with van der Waals surface area (Å²) in [6.45, 7) is 3.35. The molecule has 2 rings (SSSR count). The fourth-order valence-electron chi connectivity index (χ4n) is 3.12. The second-order valence-electron chi connectivity index (χ2n) is 5.08. The van der Waals surface area contributed by atoms with Gasteiger partial charge in [-0.2, -0.15) is 0 Å². The molecule has 2 heteroatoms. The Labute approximate surface area is 87.0 Å². The van der Waals surface area contributed by atoms with Crippen LogP contribution in [0.4, 0.5) is 0 Å². The van der Waals surface area contributed by atoms with Crippen LogP contribution in [0.1, 0.15) is 45.4 Å². The Morgan fingerprint density at radius 1 is 1.21 bits per heavy atom. The molecule has 1 aliphatic carbocycles. The lowest BCUT2D eigenvalue weighted by molar-refractivity contribution is 0.190. The third-order valence-corrected chi connectivity index (χ3v) is 4.02. The van der Waals surface area contributed by atoms with Gasteiger partial charge in [0.25, 0.3) is 0 Å². The molecule has 0 amide bonds. The Morgan fingerprint density at radius 2 is 1.93 bits per heavy atom. The van der Waals surface area contributed by atoms with E-state index in [0.29, 0.717) is 0 Å². The van der Waals surface area contributed by atoms with E-state index in [4.69, 9.17) is 5.73 Å². The molecular formula is C12H22N2. The molecule has 0 aromatic heterocycles. The van der Waals surface area contributed by atoms with Crippen LogP contribution in [0, 0.1) is 17.8 Å². The molecular weight excluding hydrogens is 172 g/mol. The fourth-order valence-corrected chi connectivity index (χ4v) is 3.12. The Kier molecular flexibility index (Phi) is 3.09. The van der Waals surface area contributed by atoms with E-state index < -0.39 is 0 Å². The first-order valence-electron chi connectivity index (χ1n) is 6.06. The Bertz CT molecular complexity index is 216. The zero-order valence-electron chi connectivity index (χ0n) is 9.21. The van der Waals surface area contributed by atoms with Gasteiger partial charge in [0, 0.05) is 13.0 Å². The number of nitrogens with two attached hydrogens (primary N) is 1. The molecule has 2 atom stereocenters. The summed E-state index contributed by atoms with van der Waals surface area (Å²) in [5.41, 5.74) is 5.77. The van der Waals surface area contributed by atoms with Crippen molar-refractivity contribution in [1.29, 1.82) is 0 Å². The van der Waals surface area contributed by atoms with Crippen molar-refractivity contribution in [3.63, 3.8) is 0 Å². The van der Waals surface area contributed by atoms with Gasteiger partial charge in [0.05, 0.1) is 5.84 Å². The van der Waals surface area contributed by atoms with Crippen molar-refractivity contribution in [1.82, 2.24) is 0 Å². The number of aliphatic imine (C=N–C) groups is 1. The largest absolute Gasteiger partial charge is 0.387 e. The minimum absolute atomic E-state index is 0.760. The van der Waals surface area contributed by atoms with Gasteiger partial charge in [0.1, 0.15) is 0 Å². The molecule has 0 radical (unpaired) electrons. The van der Waals surface area contributed by atoms with Gasteiger partial charge in [-0.05, 0) is 17.8 Å². The van der Waals surface area contributed by atoms with Crippen LogP contribution >= 0.6 is 0 Å². The molecule has 1 heterocycles. The van der Waals surface area contributed by atoms with Crippen molar-refractivity contribution < 1.29 is 0 Å². The van der Waals surface area contributed by atoms with Crippen LogP contribution in [-0.4, -0.2) is 12.4 Å². The van der Waals surface area contributed by atoms with Crippen molar-refractivity contribution in [2.24, 2.45) is 28.5 Å². The highest BCUT2D eigenvalue weighted by atomic mass is 14.9. The minimum atomic E-state index is 0.760. The molecule has 0 spiro atoms. The summed E-state index contributed by atoms with van der Waals surface area (Å²) >= 11 is 0. The first kappa shape index (κ1) is 10.0. The van der Waals surface area contributed by atoms with Crippen molar-refractivity contribution in [3.8, 4) is 0 Å². The number of nitrogens with zero attached hydrogens (tertiary/aromatic N) is 1. The van der Waals surface area contributed by atoms with E-state index in [0.717, 1.165) is 36.6 Å². The van der Waals surface area contributed by atoms with Gasteiger partial charge in [0.15, 0.2) is 0 Å². The second-order valence-corrected chi connectivity index (χ2v) is 5.08. The van der Waals surface area contributed by atoms with E-state index in [1.807, 2.05) is 0 Å². The molecule has 2 aliphatic rings. The SMILES string of the molecule is C[C@@H]1CC(N)=NC[C@H]1C1CCCCC1. The smallest absolute Gasteiger partial charge is 0.0939 e. The summed E-state index contributed by atoms with van der Waals surface area (Å²) < 4.78 is 0. The lowest BCUT2D eigenvalue weighted by Gasteiger charge is -2.35. The summed E-state index contributed by atoms with van der Waals surface area (Å²) in [4.78, 5) is 4.43. The summed E-state index contributed by atoms with van der Waals surface area (Å²) in [6, 6.07) is 0. The van der Waals surface area contributed by atoms with Gasteiger partial charge < -0.3 is 5.73 Å². The number of hydrogen-bond donors (Lipinski definition) is 1. The van der Waals surface area contributed by atoms with Crippen LogP contribution in [-0.2, 0) is 0 Å². The molecule has 1 aliphatic heterocycles. The average molecular weight is 194 g/mol. The quantitative estimate of drug-likeness (QED) is 0.684. The molecule has 0 bridgehead atoms. The van der Waals surface area contributed by atoms with Crippen molar-refractivity contribution in [3.05, 3.63) is 0 Å². The number of rotatable bonds is 1. The Morgan fingerprint density at radius 3 is 2.57 bits per heavy atom. The standard InChI is InChI=1S/C12H22N2/c1-9-7-12(13)14-8-11(9)10-5-3-2-4-6-10/h9-11H,2-8H2,1H3,(H2,13,14)/t9-,11-/m1/s1. The van der Waals surface area contributed by atoms with Crippen LogP contribution in [0.2, 0.25) is 0 Å². The van der Waals surface area contributed by atoms with Crippen molar-refractivity contribution in [2.45, 2.75) is 45.4 Å². The van der Waals surface area contributed by atoms with Gasteiger partial charge >= 0.3 is 0 Å². The first-order valence-corrected chi connectivity index (χ1v) is 6.06. The summed E-state index contributed by atoms with van der Waals surface area (Å²) in [5, 5.41) is 0. The highest BCUT2D eigenvalue weighted by Gasteiger charge is 2.30. The first-order chi connectivity index (χ1) is 6.77. The Hall–Kier alpha value is -0.530. The van der Waals surface area contributed by atoms with E-state index in [9.17, 15) is 0 Å². The molecule has 2 nitrogen and oxygen atoms in total. The third-order valence-electron chi connectivity index (χ3n) is 4.02. The van der Waals surface area contributed by atoms with E-state index >= 15 is 0 Å². The van der Waals surface area contributed by atoms with Gasteiger partial charge in [-0.25, -0.2) is 0 Å². The lowest BCUT2D eigenvalue weighted by atomic mass is 9.73. The van der Waals surface area contributed by atoms with Gasteiger partial charge in [-0.15, -0.1) is 0 Å². The maximum Gasteiger partial charge on any atom is 0.0939 e. The van der Waals surface area contributed by atoms with Crippen LogP contribution in [0.25, 0.3) is 0 Å². The highest BCUT2D eigenvalue weighted by molar-refractivity contribution is 5.81. The Balaban J connectivity index is 1.96. The summed E-state index contributed by atoms with van der Waals surface area (Å²) in [7, 11) is 0. The molecule has 0 saturated heterocycles. The molecule has 1 saturated carbocycles. The van der Waals surface area contributed by atoms with Gasteiger partial charge in [0.2, 0.25) is 0 Å². The van der Waals surface area contributed by atoms with Crippen molar-refractivity contribution >= 4 is 5.84 Å². The summed E-state index contributed by atoms with van der Waals surface area (Å²) in [5.74, 6) is 3.40. The molecule has 2 N–H and O–H groups in total. The van der Waals surface area contributed by atoms with Crippen molar-refractivity contribution in [2.75, 3.05) is 6.54 Å². The molecule has 80 valence electrons. The zero-order chi connectivity index (χ0) is 9.97. The maximum atomic E-state index is 5.77. The van der Waals surface area contributed by atoms with E-state index in [2.05, 4.69) is 11.9 Å². The molecule has 14 heavy (non-hydrogen) atoms. The van der Waals surface area contributed by atoms with Crippen LogP contribution in [0.5, 0.6) is 0 Å². The third kappa shape index (κ3) is 2.10. The van der Waals surface area contributed by atoms with E-state index in [1.165, 1.54) is 32.1 Å². The van der Waals surface area contributed by atoms with Gasteiger partial charge in [-0.1, -0.05) is 39.0 Å². The predicted molar refractivity (Wildman–Crippen MR) is 60.3 cm³/mol. The van der Waals surface area contributed by atoms with E-state index in [1.54, 1.807) is 0 Å². The minimum Gasteiger partial charge on any atom is -0.387 e. The average Bonchev–Trinajstić information content (AvgIpc) is 2.19. The zero-order valence-corrected chi connectivity index (χ0v) is 9.21. The predicted octanol–water partition coefficient (Wildman–Crippen LogP) is 2.58.